The minimum atomic E-state index is 0.371. The third kappa shape index (κ3) is 8.12. The molecule has 0 rings (SSSR count). The van der Waals surface area contributed by atoms with E-state index in [1.165, 1.54) is 19.3 Å². The van der Waals surface area contributed by atoms with Crippen LogP contribution in [0.25, 0.3) is 0 Å². The minimum Gasteiger partial charge on any atom is -0.381 e. The Labute approximate surface area is 102 Å². The monoisotopic (exact) mass is 229 g/mol. The predicted octanol–water partition coefficient (Wildman–Crippen LogP) is 3.47. The topological polar surface area (TPSA) is 21.3 Å². The van der Waals surface area contributed by atoms with Gasteiger partial charge in [0.25, 0.3) is 0 Å². The van der Waals surface area contributed by atoms with Crippen molar-refractivity contribution >= 4 is 0 Å². The largest absolute Gasteiger partial charge is 0.381 e. The highest BCUT2D eigenvalue weighted by atomic mass is 16.5. The summed E-state index contributed by atoms with van der Waals surface area (Å²) in [5, 5.41) is 3.45. The molecule has 0 spiro atoms. The molecule has 1 unspecified atom stereocenters. The lowest BCUT2D eigenvalue weighted by molar-refractivity contribution is 0.0948. The van der Waals surface area contributed by atoms with E-state index in [1.807, 2.05) is 0 Å². The van der Waals surface area contributed by atoms with Crippen LogP contribution in [-0.4, -0.2) is 26.3 Å². The summed E-state index contributed by atoms with van der Waals surface area (Å²) in [6.07, 6.45) is 3.58. The van der Waals surface area contributed by atoms with Crippen LogP contribution < -0.4 is 5.32 Å². The quantitative estimate of drug-likeness (QED) is 0.611. The first-order chi connectivity index (χ1) is 7.52. The zero-order valence-electron chi connectivity index (χ0n) is 11.9. The molecule has 98 valence electrons. The molecule has 0 heterocycles. The minimum absolute atomic E-state index is 0.371. The summed E-state index contributed by atoms with van der Waals surface area (Å²) in [5.41, 5.74) is 0.371. The smallest absolute Gasteiger partial charge is 0.0469 e. The molecule has 0 aromatic rings. The molecule has 0 bridgehead atoms. The van der Waals surface area contributed by atoms with Gasteiger partial charge in [0.15, 0.2) is 0 Å². The van der Waals surface area contributed by atoms with Crippen molar-refractivity contribution in [1.82, 2.24) is 5.32 Å². The van der Waals surface area contributed by atoms with Crippen molar-refractivity contribution in [3.8, 4) is 0 Å². The lowest BCUT2D eigenvalue weighted by Gasteiger charge is -2.31. The first kappa shape index (κ1) is 15.9. The maximum absolute atomic E-state index is 5.65. The van der Waals surface area contributed by atoms with Crippen LogP contribution in [0.4, 0.5) is 0 Å². The molecule has 1 atom stereocenters. The van der Waals surface area contributed by atoms with Crippen LogP contribution in [0, 0.1) is 11.3 Å². The van der Waals surface area contributed by atoms with Crippen LogP contribution in [-0.2, 0) is 4.74 Å². The lowest BCUT2D eigenvalue weighted by Crippen LogP contribution is -2.32. The van der Waals surface area contributed by atoms with Gasteiger partial charge in [-0.15, -0.1) is 0 Å². The van der Waals surface area contributed by atoms with Crippen LogP contribution >= 0.6 is 0 Å². The molecule has 0 amide bonds. The van der Waals surface area contributed by atoms with Crippen LogP contribution in [0.15, 0.2) is 0 Å². The zero-order valence-corrected chi connectivity index (χ0v) is 11.9. The molecule has 16 heavy (non-hydrogen) atoms. The molecule has 0 saturated carbocycles. The van der Waals surface area contributed by atoms with Gasteiger partial charge in [0.2, 0.25) is 0 Å². The molecular formula is C14H31NO. The van der Waals surface area contributed by atoms with E-state index in [9.17, 15) is 0 Å². The average molecular weight is 229 g/mol. The fourth-order valence-electron chi connectivity index (χ4n) is 1.73. The lowest BCUT2D eigenvalue weighted by atomic mass is 9.79. The fourth-order valence-corrected chi connectivity index (χ4v) is 1.73. The van der Waals surface area contributed by atoms with E-state index < -0.39 is 0 Å². The van der Waals surface area contributed by atoms with Gasteiger partial charge < -0.3 is 10.1 Å². The van der Waals surface area contributed by atoms with Crippen molar-refractivity contribution in [3.05, 3.63) is 0 Å². The highest BCUT2D eigenvalue weighted by Gasteiger charge is 2.23. The van der Waals surface area contributed by atoms with Crippen LogP contribution in [0.5, 0.6) is 0 Å². The Hall–Kier alpha value is -0.0800. The first-order valence-corrected chi connectivity index (χ1v) is 6.80. The molecule has 0 saturated heterocycles. The van der Waals surface area contributed by atoms with Crippen molar-refractivity contribution in [2.24, 2.45) is 11.3 Å². The van der Waals surface area contributed by atoms with Gasteiger partial charge in [-0.05, 0) is 37.3 Å². The highest BCUT2D eigenvalue weighted by Crippen LogP contribution is 2.28. The van der Waals surface area contributed by atoms with E-state index in [-0.39, 0.29) is 0 Å². The van der Waals surface area contributed by atoms with Crippen molar-refractivity contribution in [2.45, 2.75) is 53.9 Å². The van der Waals surface area contributed by atoms with Crippen molar-refractivity contribution in [1.29, 1.82) is 0 Å². The number of hydrogen-bond donors (Lipinski definition) is 1. The molecule has 0 aliphatic carbocycles. The van der Waals surface area contributed by atoms with Crippen LogP contribution in [0.3, 0.4) is 0 Å². The summed E-state index contributed by atoms with van der Waals surface area (Å²) >= 11 is 0. The Kier molecular flexibility index (Phi) is 8.96. The number of rotatable bonds is 9. The third-order valence-electron chi connectivity index (χ3n) is 3.12. The summed E-state index contributed by atoms with van der Waals surface area (Å²) < 4.78 is 5.65. The van der Waals surface area contributed by atoms with Gasteiger partial charge in [-0.2, -0.15) is 0 Å². The standard InChI is InChI=1S/C14H31NO/c1-6-8-10-16-11-9-13(12-15-7-2)14(3,4)5/h13,15H,6-12H2,1-5H3. The Bertz CT molecular complexity index is 151. The molecule has 1 N–H and O–H groups in total. The third-order valence-corrected chi connectivity index (χ3v) is 3.12. The molecule has 0 aromatic heterocycles. The summed E-state index contributed by atoms with van der Waals surface area (Å²) in [6.45, 7) is 15.3. The maximum Gasteiger partial charge on any atom is 0.0469 e. The van der Waals surface area contributed by atoms with Gasteiger partial charge in [0, 0.05) is 13.2 Å². The van der Waals surface area contributed by atoms with Crippen molar-refractivity contribution < 1.29 is 4.74 Å². The normalized spacial score (nSPS) is 14.1. The average Bonchev–Trinajstić information content (AvgIpc) is 2.20. The number of unbranched alkanes of at least 4 members (excludes halogenated alkanes) is 1. The van der Waals surface area contributed by atoms with Gasteiger partial charge >= 0.3 is 0 Å². The summed E-state index contributed by atoms with van der Waals surface area (Å²) in [5.74, 6) is 0.703. The number of ether oxygens (including phenoxy) is 1. The summed E-state index contributed by atoms with van der Waals surface area (Å²) in [6, 6.07) is 0. The SMILES string of the molecule is CCCCOCCC(CNCC)C(C)(C)C. The molecule has 2 heteroatoms. The number of hydrogen-bond acceptors (Lipinski definition) is 2. The second kappa shape index (κ2) is 9.00. The molecule has 0 aliphatic rings. The number of nitrogens with one attached hydrogen (secondary N) is 1. The second-order valence-corrected chi connectivity index (χ2v) is 5.63. The molecule has 2 nitrogen and oxygen atoms in total. The predicted molar refractivity (Wildman–Crippen MR) is 71.8 cm³/mol. The molecular weight excluding hydrogens is 198 g/mol. The fraction of sp³-hybridized carbons (Fsp3) is 1.00. The van der Waals surface area contributed by atoms with Gasteiger partial charge in [-0.1, -0.05) is 41.0 Å². The van der Waals surface area contributed by atoms with E-state index in [0.717, 1.165) is 26.3 Å². The van der Waals surface area contributed by atoms with E-state index in [0.29, 0.717) is 11.3 Å². The first-order valence-electron chi connectivity index (χ1n) is 6.80. The van der Waals surface area contributed by atoms with Gasteiger partial charge in [0.05, 0.1) is 0 Å². The summed E-state index contributed by atoms with van der Waals surface area (Å²) in [4.78, 5) is 0. The summed E-state index contributed by atoms with van der Waals surface area (Å²) in [7, 11) is 0. The Morgan fingerprint density at radius 1 is 1.12 bits per heavy atom. The molecule has 0 radical (unpaired) electrons. The Morgan fingerprint density at radius 2 is 1.81 bits per heavy atom. The Morgan fingerprint density at radius 3 is 2.31 bits per heavy atom. The van der Waals surface area contributed by atoms with Crippen molar-refractivity contribution in [2.75, 3.05) is 26.3 Å². The van der Waals surface area contributed by atoms with Gasteiger partial charge in [-0.25, -0.2) is 0 Å². The van der Waals surface area contributed by atoms with Gasteiger partial charge in [-0.3, -0.25) is 0 Å². The van der Waals surface area contributed by atoms with E-state index in [2.05, 4.69) is 39.9 Å². The Balaban J connectivity index is 3.75. The van der Waals surface area contributed by atoms with Crippen molar-refractivity contribution in [3.63, 3.8) is 0 Å². The second-order valence-electron chi connectivity index (χ2n) is 5.63. The van der Waals surface area contributed by atoms with Crippen LogP contribution in [0.1, 0.15) is 53.9 Å². The van der Waals surface area contributed by atoms with Crippen LogP contribution in [0.2, 0.25) is 0 Å². The molecule has 0 fully saturated rings. The van der Waals surface area contributed by atoms with E-state index in [4.69, 9.17) is 4.74 Å². The van der Waals surface area contributed by atoms with Gasteiger partial charge in [0.1, 0.15) is 0 Å². The zero-order chi connectivity index (χ0) is 12.4. The van der Waals surface area contributed by atoms with E-state index in [1.54, 1.807) is 0 Å². The highest BCUT2D eigenvalue weighted by molar-refractivity contribution is 4.75. The molecule has 0 aromatic carbocycles. The molecule has 0 aliphatic heterocycles. The maximum atomic E-state index is 5.65. The van der Waals surface area contributed by atoms with E-state index >= 15 is 0 Å².